The van der Waals surface area contributed by atoms with E-state index in [1.807, 2.05) is 0 Å². The summed E-state index contributed by atoms with van der Waals surface area (Å²) in [6.07, 6.45) is 27.3. The van der Waals surface area contributed by atoms with Gasteiger partial charge < -0.3 is 64.2 Å². The maximum Gasteiger partial charge on any atom is 0.306 e. The zero-order valence-electron chi connectivity index (χ0n) is 42.2. The molecular weight excluding hydrogens is 861 g/mol. The SMILES string of the molecule is CCCCCCCCCC/C=C\CCCCCCCCCCCCCCCC(=O)OC(COCCCCCCCCCC)COC1OC(COC2OC(CO)C(O)C(O)C2O)C(O)C(O)C1O. The van der Waals surface area contributed by atoms with Gasteiger partial charge in [0, 0.05) is 13.0 Å². The van der Waals surface area contributed by atoms with Crippen LogP contribution in [0.4, 0.5) is 0 Å². The Labute approximate surface area is 405 Å². The third-order valence-electron chi connectivity index (χ3n) is 13.3. The molecule has 0 bridgehead atoms. The molecular formula is C53H100O14. The maximum absolute atomic E-state index is 13.0. The van der Waals surface area contributed by atoms with Crippen LogP contribution in [0.15, 0.2) is 12.2 Å². The number of aliphatic hydroxyl groups excluding tert-OH is 7. The number of esters is 1. The molecule has 396 valence electrons. The van der Waals surface area contributed by atoms with E-state index in [1.165, 1.54) is 154 Å². The van der Waals surface area contributed by atoms with Crippen molar-refractivity contribution in [1.29, 1.82) is 0 Å². The summed E-state index contributed by atoms with van der Waals surface area (Å²) in [5.74, 6) is -0.374. The summed E-state index contributed by atoms with van der Waals surface area (Å²) in [4.78, 5) is 13.0. The van der Waals surface area contributed by atoms with Gasteiger partial charge in [-0.05, 0) is 38.5 Å². The molecule has 0 amide bonds. The first-order chi connectivity index (χ1) is 32.6. The lowest BCUT2D eigenvalue weighted by Gasteiger charge is -2.42. The van der Waals surface area contributed by atoms with Crippen LogP contribution >= 0.6 is 0 Å². The monoisotopic (exact) mass is 961 g/mol. The van der Waals surface area contributed by atoms with Crippen LogP contribution in [0.3, 0.4) is 0 Å². The summed E-state index contributed by atoms with van der Waals surface area (Å²) in [5, 5.41) is 72.0. The minimum Gasteiger partial charge on any atom is -0.457 e. The molecule has 67 heavy (non-hydrogen) atoms. The molecule has 2 aliphatic rings. The van der Waals surface area contributed by atoms with Crippen molar-refractivity contribution in [3.63, 3.8) is 0 Å². The molecule has 0 spiro atoms. The summed E-state index contributed by atoms with van der Waals surface area (Å²) in [6, 6.07) is 0. The molecule has 11 unspecified atom stereocenters. The van der Waals surface area contributed by atoms with Crippen LogP contribution < -0.4 is 0 Å². The third-order valence-corrected chi connectivity index (χ3v) is 13.3. The molecule has 0 aromatic heterocycles. The Morgan fingerprint density at radius 3 is 1.36 bits per heavy atom. The summed E-state index contributed by atoms with van der Waals surface area (Å²) < 4.78 is 34.2. The molecule has 2 heterocycles. The first-order valence-electron chi connectivity index (χ1n) is 27.3. The van der Waals surface area contributed by atoms with E-state index in [0.717, 1.165) is 38.5 Å². The molecule has 0 radical (unpaired) electrons. The highest BCUT2D eigenvalue weighted by Crippen LogP contribution is 2.27. The van der Waals surface area contributed by atoms with E-state index in [9.17, 15) is 40.5 Å². The third kappa shape index (κ3) is 29.0. The Kier molecular flexibility index (Phi) is 38.2. The fourth-order valence-corrected chi connectivity index (χ4v) is 8.81. The van der Waals surface area contributed by atoms with Crippen LogP contribution in [0.1, 0.15) is 219 Å². The van der Waals surface area contributed by atoms with Crippen molar-refractivity contribution < 1.29 is 69.0 Å². The van der Waals surface area contributed by atoms with Crippen LogP contribution in [0.2, 0.25) is 0 Å². The molecule has 2 fully saturated rings. The normalized spacial score (nSPS) is 26.1. The second-order valence-electron chi connectivity index (χ2n) is 19.4. The number of unbranched alkanes of at least 4 members (excludes halogenated alkanes) is 28. The van der Waals surface area contributed by atoms with E-state index in [4.69, 9.17) is 28.4 Å². The van der Waals surface area contributed by atoms with Crippen molar-refractivity contribution in [3.05, 3.63) is 12.2 Å². The van der Waals surface area contributed by atoms with Gasteiger partial charge in [0.2, 0.25) is 0 Å². The van der Waals surface area contributed by atoms with E-state index in [1.54, 1.807) is 0 Å². The Morgan fingerprint density at radius 2 is 0.881 bits per heavy atom. The van der Waals surface area contributed by atoms with Crippen molar-refractivity contribution in [3.8, 4) is 0 Å². The maximum atomic E-state index is 13.0. The molecule has 11 atom stereocenters. The summed E-state index contributed by atoms with van der Waals surface area (Å²) >= 11 is 0. The molecule has 2 saturated heterocycles. The van der Waals surface area contributed by atoms with E-state index in [2.05, 4.69) is 26.0 Å². The number of hydrogen-bond donors (Lipinski definition) is 7. The number of ether oxygens (including phenoxy) is 6. The van der Waals surface area contributed by atoms with Gasteiger partial charge in [-0.15, -0.1) is 0 Å². The highest BCUT2D eigenvalue weighted by Gasteiger charge is 2.47. The average Bonchev–Trinajstić information content (AvgIpc) is 3.32. The number of allylic oxidation sites excluding steroid dienone is 2. The number of carbonyl (C=O) groups excluding carboxylic acids is 1. The van der Waals surface area contributed by atoms with Crippen LogP contribution in [0.25, 0.3) is 0 Å². The topological polar surface area (TPSA) is 214 Å². The highest BCUT2D eigenvalue weighted by atomic mass is 16.7. The first kappa shape index (κ1) is 61.8. The molecule has 0 aliphatic carbocycles. The van der Waals surface area contributed by atoms with Gasteiger partial charge in [-0.1, -0.05) is 187 Å². The van der Waals surface area contributed by atoms with Crippen LogP contribution in [-0.4, -0.2) is 142 Å². The number of rotatable bonds is 44. The van der Waals surface area contributed by atoms with Crippen molar-refractivity contribution in [2.75, 3.05) is 33.0 Å². The van der Waals surface area contributed by atoms with Gasteiger partial charge in [-0.25, -0.2) is 0 Å². The van der Waals surface area contributed by atoms with Crippen LogP contribution in [0.5, 0.6) is 0 Å². The minimum atomic E-state index is -1.70. The fraction of sp³-hybridized carbons (Fsp3) is 0.943. The minimum absolute atomic E-state index is 0.0664. The molecule has 2 aliphatic heterocycles. The van der Waals surface area contributed by atoms with Crippen molar-refractivity contribution >= 4 is 5.97 Å². The molecule has 14 heteroatoms. The number of aliphatic hydroxyl groups is 7. The second-order valence-corrected chi connectivity index (χ2v) is 19.4. The zero-order valence-corrected chi connectivity index (χ0v) is 42.2. The van der Waals surface area contributed by atoms with Gasteiger partial charge >= 0.3 is 5.97 Å². The van der Waals surface area contributed by atoms with E-state index >= 15 is 0 Å². The van der Waals surface area contributed by atoms with Crippen LogP contribution in [0, 0.1) is 0 Å². The van der Waals surface area contributed by atoms with Crippen LogP contribution in [-0.2, 0) is 33.2 Å². The van der Waals surface area contributed by atoms with Gasteiger partial charge in [0.15, 0.2) is 12.6 Å². The lowest BCUT2D eigenvalue weighted by atomic mass is 9.98. The van der Waals surface area contributed by atoms with Gasteiger partial charge in [0.05, 0.1) is 26.4 Å². The first-order valence-corrected chi connectivity index (χ1v) is 27.3. The molecule has 0 saturated carbocycles. The van der Waals surface area contributed by atoms with E-state index < -0.39 is 80.7 Å². The lowest BCUT2D eigenvalue weighted by Crippen LogP contribution is -2.61. The second kappa shape index (κ2) is 41.4. The number of hydrogen-bond acceptors (Lipinski definition) is 14. The van der Waals surface area contributed by atoms with Crippen molar-refractivity contribution in [1.82, 2.24) is 0 Å². The van der Waals surface area contributed by atoms with Gasteiger partial charge in [-0.3, -0.25) is 4.79 Å². The molecule has 0 aromatic rings. The Hall–Kier alpha value is -1.27. The summed E-state index contributed by atoms with van der Waals surface area (Å²) in [7, 11) is 0. The molecule has 7 N–H and O–H groups in total. The summed E-state index contributed by atoms with van der Waals surface area (Å²) in [6.45, 7) is 3.69. The standard InChI is InChI=1S/C53H100O14/c1-3-5-7-9-11-13-14-15-16-17-18-19-20-21-22-23-24-25-26-27-28-29-30-32-34-36-45(55)65-42(39-62-37-35-33-31-12-10-8-6-4-2)40-63-52-51(61)49(59)47(57)44(67-52)41-64-53-50(60)48(58)46(56)43(38-54)66-53/h17-18,42-44,46-54,56-61H,3-16,19-41H2,1-2H3/b18-17-. The van der Waals surface area contributed by atoms with Crippen molar-refractivity contribution in [2.24, 2.45) is 0 Å². The van der Waals surface area contributed by atoms with E-state index in [0.29, 0.717) is 13.0 Å². The quantitative estimate of drug-likeness (QED) is 0.0173. The molecule has 0 aromatic carbocycles. The smallest absolute Gasteiger partial charge is 0.306 e. The number of carbonyl (C=O) groups is 1. The molecule has 14 nitrogen and oxygen atoms in total. The van der Waals surface area contributed by atoms with E-state index in [-0.39, 0.29) is 25.6 Å². The van der Waals surface area contributed by atoms with Gasteiger partial charge in [-0.2, -0.15) is 0 Å². The Balaban J connectivity index is 1.64. The Bertz CT molecular complexity index is 1160. The Morgan fingerprint density at radius 1 is 0.478 bits per heavy atom. The van der Waals surface area contributed by atoms with Gasteiger partial charge in [0.1, 0.15) is 54.9 Å². The van der Waals surface area contributed by atoms with Crippen molar-refractivity contribution in [2.45, 2.75) is 287 Å². The van der Waals surface area contributed by atoms with Gasteiger partial charge in [0.25, 0.3) is 0 Å². The lowest BCUT2D eigenvalue weighted by molar-refractivity contribution is -0.332. The zero-order chi connectivity index (χ0) is 48.7. The highest BCUT2D eigenvalue weighted by molar-refractivity contribution is 5.69. The fourth-order valence-electron chi connectivity index (χ4n) is 8.81. The predicted molar refractivity (Wildman–Crippen MR) is 261 cm³/mol. The average molecular weight is 961 g/mol. The summed E-state index contributed by atoms with van der Waals surface area (Å²) in [5.41, 5.74) is 0. The molecule has 2 rings (SSSR count). The predicted octanol–water partition coefficient (Wildman–Crippen LogP) is 8.63. The largest absolute Gasteiger partial charge is 0.457 e.